The van der Waals surface area contributed by atoms with Crippen molar-refractivity contribution in [3.8, 4) is 11.4 Å². The predicted octanol–water partition coefficient (Wildman–Crippen LogP) is 1.43. The van der Waals surface area contributed by atoms with Crippen LogP contribution >= 0.6 is 23.4 Å². The predicted molar refractivity (Wildman–Crippen MR) is 40.7 cm³/mol. The minimum atomic E-state index is 0.259. The Hall–Kier alpha value is -0.870. The molecule has 2 heterocycles. The second-order valence-corrected chi connectivity index (χ2v) is 2.57. The lowest BCUT2D eigenvalue weighted by Crippen LogP contribution is -2.00. The summed E-state index contributed by atoms with van der Waals surface area (Å²) in [6.45, 7) is 0. The standard InChI is InChI=1S/C5H2Cl2N4/c6-5-4-3(1-2-8-4)9-11(7)10-5/h1-2H. The molecule has 0 N–H and O–H groups in total. The minimum absolute atomic E-state index is 0.259. The van der Waals surface area contributed by atoms with Crippen molar-refractivity contribution in [1.82, 2.24) is 19.5 Å². The van der Waals surface area contributed by atoms with E-state index in [2.05, 4.69) is 15.2 Å². The largest absolute Gasteiger partial charge is 0.251 e. The highest BCUT2D eigenvalue weighted by Gasteiger charge is 2.11. The molecule has 11 heavy (non-hydrogen) atoms. The molecular formula is C5H2Cl2N4. The molecule has 0 aliphatic carbocycles. The first-order valence-corrected chi connectivity index (χ1v) is 3.53. The Morgan fingerprint density at radius 1 is 1.36 bits per heavy atom. The number of hydrogen-bond donors (Lipinski definition) is 0. The molecular weight excluding hydrogens is 187 g/mol. The Morgan fingerprint density at radius 2 is 2.18 bits per heavy atom. The zero-order valence-electron chi connectivity index (χ0n) is 5.20. The highest BCUT2D eigenvalue weighted by atomic mass is 35.5. The van der Waals surface area contributed by atoms with E-state index in [0.717, 1.165) is 4.32 Å². The third kappa shape index (κ3) is 1.04. The van der Waals surface area contributed by atoms with Crippen LogP contribution in [0.4, 0.5) is 0 Å². The quantitative estimate of drug-likeness (QED) is 0.629. The lowest BCUT2D eigenvalue weighted by Gasteiger charge is -1.98. The summed E-state index contributed by atoms with van der Waals surface area (Å²) in [5.74, 6) is 0. The second-order valence-electron chi connectivity index (χ2n) is 1.91. The van der Waals surface area contributed by atoms with Crippen molar-refractivity contribution in [1.29, 1.82) is 0 Å². The lowest BCUT2D eigenvalue weighted by molar-refractivity contribution is 0.788. The molecule has 0 saturated carbocycles. The van der Waals surface area contributed by atoms with Gasteiger partial charge in [-0.3, -0.25) is 4.98 Å². The molecule has 0 amide bonds. The molecule has 0 spiro atoms. The summed E-state index contributed by atoms with van der Waals surface area (Å²) in [6.07, 6.45) is 1.60. The normalized spacial score (nSPS) is 10.7. The van der Waals surface area contributed by atoms with Gasteiger partial charge in [0.05, 0.1) is 11.8 Å². The van der Waals surface area contributed by atoms with Crippen LogP contribution < -0.4 is 0 Å². The third-order valence-electron chi connectivity index (χ3n) is 1.23. The summed E-state index contributed by atoms with van der Waals surface area (Å²) in [4.78, 5) is 3.93. The number of halogens is 2. The van der Waals surface area contributed by atoms with Crippen LogP contribution in [-0.2, 0) is 0 Å². The van der Waals surface area contributed by atoms with Crippen molar-refractivity contribution < 1.29 is 0 Å². The number of aromatic nitrogens is 4. The average Bonchev–Trinajstić information content (AvgIpc) is 2.34. The summed E-state index contributed by atoms with van der Waals surface area (Å²) in [6, 6.07) is 1.71. The Bertz CT molecular complexity index is 358. The van der Waals surface area contributed by atoms with Crippen molar-refractivity contribution in [2.75, 3.05) is 0 Å². The van der Waals surface area contributed by atoms with Crippen LogP contribution in [-0.4, -0.2) is 19.5 Å². The molecule has 6 heteroatoms. The van der Waals surface area contributed by atoms with Crippen LogP contribution in [0.5, 0.6) is 0 Å². The highest BCUT2D eigenvalue weighted by Crippen LogP contribution is 2.22. The number of hydrogen-bond acceptors (Lipinski definition) is 3. The first kappa shape index (κ1) is 6.82. The van der Waals surface area contributed by atoms with Gasteiger partial charge in [-0.25, -0.2) is 0 Å². The first-order valence-electron chi connectivity index (χ1n) is 2.81. The highest BCUT2D eigenvalue weighted by molar-refractivity contribution is 6.31. The zero-order valence-corrected chi connectivity index (χ0v) is 6.71. The van der Waals surface area contributed by atoms with Crippen LogP contribution in [0.1, 0.15) is 0 Å². The van der Waals surface area contributed by atoms with Crippen molar-refractivity contribution in [3.05, 3.63) is 17.4 Å². The van der Waals surface area contributed by atoms with Gasteiger partial charge in [-0.05, 0) is 6.07 Å². The fraction of sp³-hybridized carbons (Fsp3) is 0. The summed E-state index contributed by atoms with van der Waals surface area (Å²) in [5, 5.41) is 7.73. The summed E-state index contributed by atoms with van der Waals surface area (Å²) in [5.41, 5.74) is 1.21. The Kier molecular flexibility index (Phi) is 1.44. The van der Waals surface area contributed by atoms with Gasteiger partial charge >= 0.3 is 0 Å². The molecule has 0 fully saturated rings. The summed E-state index contributed by atoms with van der Waals surface area (Å²) < 4.78 is 0.895. The molecule has 2 aliphatic heterocycles. The maximum Gasteiger partial charge on any atom is 0.180 e. The van der Waals surface area contributed by atoms with Crippen LogP contribution in [0.3, 0.4) is 0 Å². The second kappa shape index (κ2) is 2.32. The van der Waals surface area contributed by atoms with Gasteiger partial charge in [0.2, 0.25) is 0 Å². The molecule has 0 aromatic rings. The van der Waals surface area contributed by atoms with Gasteiger partial charge < -0.3 is 0 Å². The van der Waals surface area contributed by atoms with Gasteiger partial charge in [0.15, 0.2) is 5.15 Å². The maximum atomic E-state index is 5.68. The molecule has 0 aromatic heterocycles. The van der Waals surface area contributed by atoms with E-state index in [-0.39, 0.29) is 5.15 Å². The van der Waals surface area contributed by atoms with Crippen LogP contribution in [0, 0.1) is 0 Å². The monoisotopic (exact) mass is 188 g/mol. The van der Waals surface area contributed by atoms with Gasteiger partial charge in [0, 0.05) is 6.20 Å². The summed E-state index contributed by atoms with van der Waals surface area (Å²) in [7, 11) is 0. The molecule has 0 bridgehead atoms. The maximum absolute atomic E-state index is 5.68. The number of fused-ring (bicyclic) bond motifs is 1. The number of nitrogens with zero attached hydrogens (tertiary/aromatic N) is 4. The molecule has 2 aliphatic rings. The fourth-order valence-electron chi connectivity index (χ4n) is 0.798. The van der Waals surface area contributed by atoms with Gasteiger partial charge in [-0.15, -0.1) is 10.2 Å². The van der Waals surface area contributed by atoms with E-state index in [0.29, 0.717) is 11.4 Å². The van der Waals surface area contributed by atoms with Crippen molar-refractivity contribution in [2.24, 2.45) is 0 Å². The molecule has 56 valence electrons. The Balaban J connectivity index is 2.79. The molecule has 4 nitrogen and oxygen atoms in total. The van der Waals surface area contributed by atoms with Crippen molar-refractivity contribution in [2.45, 2.75) is 0 Å². The molecule has 0 radical (unpaired) electrons. The third-order valence-corrected chi connectivity index (χ3v) is 1.64. The van der Waals surface area contributed by atoms with Gasteiger partial charge in [-0.1, -0.05) is 15.9 Å². The van der Waals surface area contributed by atoms with Crippen molar-refractivity contribution in [3.63, 3.8) is 0 Å². The van der Waals surface area contributed by atoms with Crippen LogP contribution in [0.15, 0.2) is 12.3 Å². The minimum Gasteiger partial charge on any atom is -0.251 e. The molecule has 0 atom stereocenters. The van der Waals surface area contributed by atoms with Gasteiger partial charge in [0.1, 0.15) is 11.4 Å². The van der Waals surface area contributed by atoms with E-state index in [1.54, 1.807) is 12.3 Å². The van der Waals surface area contributed by atoms with E-state index in [1.807, 2.05) is 0 Å². The van der Waals surface area contributed by atoms with Crippen LogP contribution in [0.2, 0.25) is 5.15 Å². The summed E-state index contributed by atoms with van der Waals surface area (Å²) >= 11 is 11.1. The van der Waals surface area contributed by atoms with E-state index in [9.17, 15) is 0 Å². The topological polar surface area (TPSA) is 43.6 Å². The van der Waals surface area contributed by atoms with Crippen molar-refractivity contribution >= 4 is 23.4 Å². The number of rotatable bonds is 0. The van der Waals surface area contributed by atoms with E-state index in [4.69, 9.17) is 23.4 Å². The SMILES string of the molecule is Clc1nn(Cl)nc2ccnc1-2. The molecule has 2 rings (SSSR count). The van der Waals surface area contributed by atoms with E-state index >= 15 is 0 Å². The fourth-order valence-corrected chi connectivity index (χ4v) is 1.21. The Labute approximate surface area is 72.2 Å². The van der Waals surface area contributed by atoms with E-state index in [1.165, 1.54) is 0 Å². The van der Waals surface area contributed by atoms with Gasteiger partial charge in [0.25, 0.3) is 0 Å². The van der Waals surface area contributed by atoms with Crippen LogP contribution in [0.25, 0.3) is 11.4 Å². The zero-order chi connectivity index (χ0) is 7.84. The Morgan fingerprint density at radius 3 is 3.00 bits per heavy atom. The van der Waals surface area contributed by atoms with E-state index < -0.39 is 0 Å². The molecule has 0 aromatic carbocycles. The molecule has 0 unspecified atom stereocenters. The smallest absolute Gasteiger partial charge is 0.180 e. The first-order chi connectivity index (χ1) is 5.27. The average molecular weight is 189 g/mol. The van der Waals surface area contributed by atoms with Gasteiger partial charge in [-0.2, -0.15) is 0 Å². The molecule has 0 saturated heterocycles. The lowest BCUT2D eigenvalue weighted by atomic mass is 10.4.